The number of hydrazone groups is 1. The van der Waals surface area contributed by atoms with E-state index in [1.807, 2.05) is 0 Å². The van der Waals surface area contributed by atoms with Gasteiger partial charge in [0.25, 0.3) is 0 Å². The number of hydrogen-bond donors (Lipinski definition) is 3. The van der Waals surface area contributed by atoms with Crippen LogP contribution in [0.25, 0.3) is 0 Å². The number of alkyl carbamates (subject to hydrolysis) is 1. The number of halogens is 4. The molecule has 2 aliphatic heterocycles. The van der Waals surface area contributed by atoms with Crippen molar-refractivity contribution in [2.24, 2.45) is 5.10 Å². The van der Waals surface area contributed by atoms with Crippen LogP contribution >= 0.6 is 0 Å². The highest BCUT2D eigenvalue weighted by molar-refractivity contribution is 6.02. The Hall–Kier alpha value is -5.16. The first-order valence-corrected chi connectivity index (χ1v) is 15.2. The van der Waals surface area contributed by atoms with Crippen LogP contribution in [0.15, 0.2) is 65.9 Å². The van der Waals surface area contributed by atoms with Crippen LogP contribution in [-0.2, 0) is 25.8 Å². The molecule has 1 unspecified atom stereocenters. The van der Waals surface area contributed by atoms with Gasteiger partial charge in [0.05, 0.1) is 6.54 Å². The zero-order valence-electron chi connectivity index (χ0n) is 26.5. The van der Waals surface area contributed by atoms with Crippen molar-refractivity contribution in [3.05, 3.63) is 100 Å². The molecule has 0 saturated heterocycles. The molecule has 14 heteroatoms. The summed E-state index contributed by atoms with van der Waals surface area (Å²) in [4.78, 5) is 29.1. The van der Waals surface area contributed by atoms with Crippen LogP contribution in [-0.4, -0.2) is 46.6 Å². The molecule has 3 N–H and O–H groups in total. The number of rotatable bonds is 9. The van der Waals surface area contributed by atoms with Gasteiger partial charge in [-0.1, -0.05) is 24.3 Å². The second-order valence-electron chi connectivity index (χ2n) is 12.2. The third kappa shape index (κ3) is 7.69. The average molecular weight is 667 g/mol. The largest absolute Gasteiger partial charge is 0.445 e. The molecular weight excluding hydrogens is 632 g/mol. The molecule has 0 bridgehead atoms. The van der Waals surface area contributed by atoms with Gasteiger partial charge in [0, 0.05) is 41.4 Å². The summed E-state index contributed by atoms with van der Waals surface area (Å²) in [5.74, 6) is -0.185. The number of pyridine rings is 1. The number of aromatic nitrogens is 1. The topological polar surface area (TPSA) is 117 Å². The molecule has 0 aliphatic carbocycles. The SMILES string of the molecule is CC(C)(C)OC(=O)NCCCCCC(=O)OC1(C(F)(F)c2ccc(C#Cc3ccc(F)cc3)cn2)CN2NNN=C2c2cc(F)ccc21. The van der Waals surface area contributed by atoms with E-state index >= 15 is 8.78 Å². The molecule has 252 valence electrons. The highest BCUT2D eigenvalue weighted by Crippen LogP contribution is 2.51. The van der Waals surface area contributed by atoms with Crippen LogP contribution in [0.5, 0.6) is 0 Å². The van der Waals surface area contributed by atoms with Crippen LogP contribution in [0.1, 0.15) is 74.4 Å². The number of nitrogens with one attached hydrogen (secondary N) is 3. The monoisotopic (exact) mass is 666 g/mol. The number of carbonyl (C=O) groups excluding carboxylic acids is 2. The zero-order valence-corrected chi connectivity index (χ0v) is 26.5. The van der Waals surface area contributed by atoms with E-state index in [1.54, 1.807) is 20.8 Å². The molecule has 0 saturated carbocycles. The van der Waals surface area contributed by atoms with Crippen molar-refractivity contribution >= 4 is 17.9 Å². The van der Waals surface area contributed by atoms with Gasteiger partial charge >= 0.3 is 18.0 Å². The Kier molecular flexibility index (Phi) is 9.90. The van der Waals surface area contributed by atoms with Gasteiger partial charge in [0.1, 0.15) is 22.9 Å². The number of benzene rings is 2. The van der Waals surface area contributed by atoms with Gasteiger partial charge in [-0.2, -0.15) is 8.78 Å². The first-order valence-electron chi connectivity index (χ1n) is 15.2. The van der Waals surface area contributed by atoms with Gasteiger partial charge in [-0.05, 0) is 82.1 Å². The lowest BCUT2D eigenvalue weighted by Crippen LogP contribution is -2.61. The molecule has 1 atom stereocenters. The van der Waals surface area contributed by atoms with Crippen LogP contribution in [0.2, 0.25) is 0 Å². The standard InChI is InChI=1S/C34H34F4N6O4/c1-32(2,3)48-31(46)39-18-6-4-5-7-29(45)47-33(21-44-30(41-42-43-44)26-19-25(36)15-16-27(26)33)34(37,38)28-17-12-23(20-40-28)9-8-22-10-13-24(35)14-11-22/h10-17,19-20,42-43H,4-7,18,21H2,1-3H3,(H,39,46). The zero-order chi connectivity index (χ0) is 34.5. The van der Waals surface area contributed by atoms with Crippen molar-refractivity contribution in [2.75, 3.05) is 13.1 Å². The minimum absolute atomic E-state index is 0.00114. The van der Waals surface area contributed by atoms with E-state index < -0.39 is 53.1 Å². The number of hydrazine groups is 2. The molecule has 5 rings (SSSR count). The van der Waals surface area contributed by atoms with E-state index in [9.17, 15) is 18.4 Å². The van der Waals surface area contributed by atoms with Gasteiger partial charge in [-0.15, -0.1) is 10.6 Å². The summed E-state index contributed by atoms with van der Waals surface area (Å²) in [5, 5.41) is 7.90. The average Bonchev–Trinajstić information content (AvgIpc) is 3.50. The van der Waals surface area contributed by atoms with E-state index in [4.69, 9.17) is 9.47 Å². The molecule has 2 aromatic carbocycles. The Morgan fingerprint density at radius 2 is 1.69 bits per heavy atom. The summed E-state index contributed by atoms with van der Waals surface area (Å²) in [5.41, 5.74) is 1.80. The molecular formula is C34H34F4N6O4. The quantitative estimate of drug-likeness (QED) is 0.121. The van der Waals surface area contributed by atoms with Crippen LogP contribution < -0.4 is 16.4 Å². The lowest BCUT2D eigenvalue weighted by molar-refractivity contribution is -0.231. The molecule has 1 aromatic heterocycles. The van der Waals surface area contributed by atoms with Crippen LogP contribution in [0.4, 0.5) is 22.4 Å². The number of unbranched alkanes of at least 4 members (excludes halogenated alkanes) is 2. The number of fused-ring (bicyclic) bond motifs is 3. The number of alkyl halides is 2. The second-order valence-corrected chi connectivity index (χ2v) is 12.2. The smallest absolute Gasteiger partial charge is 0.407 e. The Bertz CT molecular complexity index is 1750. The minimum atomic E-state index is -3.94. The summed E-state index contributed by atoms with van der Waals surface area (Å²) < 4.78 is 72.5. The molecule has 1 amide bonds. The lowest BCUT2D eigenvalue weighted by Gasteiger charge is -2.45. The highest BCUT2D eigenvalue weighted by atomic mass is 19.3. The van der Waals surface area contributed by atoms with Crippen LogP contribution in [0, 0.1) is 23.5 Å². The minimum Gasteiger partial charge on any atom is -0.445 e. The van der Waals surface area contributed by atoms with Crippen molar-refractivity contribution in [2.45, 2.75) is 63.6 Å². The lowest BCUT2D eigenvalue weighted by atomic mass is 9.79. The third-order valence-electron chi connectivity index (χ3n) is 7.44. The van der Waals surface area contributed by atoms with Gasteiger partial charge in [-0.3, -0.25) is 14.8 Å². The Morgan fingerprint density at radius 3 is 2.40 bits per heavy atom. The molecule has 3 heterocycles. The predicted octanol–water partition coefficient (Wildman–Crippen LogP) is 5.38. The van der Waals surface area contributed by atoms with E-state index in [1.165, 1.54) is 35.3 Å². The van der Waals surface area contributed by atoms with E-state index in [0.29, 0.717) is 36.9 Å². The molecule has 0 radical (unpaired) electrons. The van der Waals surface area contributed by atoms with E-state index in [2.05, 4.69) is 38.3 Å². The molecule has 0 fully saturated rings. The fourth-order valence-corrected chi connectivity index (χ4v) is 5.21. The van der Waals surface area contributed by atoms with Gasteiger partial charge in [0.2, 0.25) is 5.60 Å². The summed E-state index contributed by atoms with van der Waals surface area (Å²) in [6.45, 7) is 4.95. The fourth-order valence-electron chi connectivity index (χ4n) is 5.21. The Labute approximate surface area is 274 Å². The number of nitrogens with zero attached hydrogens (tertiary/aromatic N) is 3. The number of ether oxygens (including phenoxy) is 2. The van der Waals surface area contributed by atoms with Crippen molar-refractivity contribution in [1.82, 2.24) is 26.4 Å². The molecule has 3 aromatic rings. The van der Waals surface area contributed by atoms with Gasteiger partial charge in [0.15, 0.2) is 5.84 Å². The maximum Gasteiger partial charge on any atom is 0.407 e. The fraction of sp³-hybridized carbons (Fsp3) is 0.353. The number of hydrogen-bond acceptors (Lipinski definition) is 9. The van der Waals surface area contributed by atoms with Gasteiger partial charge in [-0.25, -0.2) is 19.1 Å². The number of esters is 1. The van der Waals surface area contributed by atoms with Crippen molar-refractivity contribution in [1.29, 1.82) is 0 Å². The van der Waals surface area contributed by atoms with Gasteiger partial charge < -0.3 is 14.8 Å². The predicted molar refractivity (Wildman–Crippen MR) is 167 cm³/mol. The highest BCUT2D eigenvalue weighted by Gasteiger charge is 2.64. The summed E-state index contributed by atoms with van der Waals surface area (Å²) >= 11 is 0. The molecule has 2 aliphatic rings. The summed E-state index contributed by atoms with van der Waals surface area (Å²) in [6.07, 6.45) is 1.71. The van der Waals surface area contributed by atoms with Crippen molar-refractivity contribution in [3.8, 4) is 11.8 Å². The number of carbonyl (C=O) groups is 2. The maximum atomic E-state index is 16.9. The Balaban J connectivity index is 1.37. The normalized spacial score (nSPS) is 16.8. The van der Waals surface area contributed by atoms with E-state index in [0.717, 1.165) is 30.5 Å². The summed E-state index contributed by atoms with van der Waals surface area (Å²) in [7, 11) is 0. The number of amidine groups is 1. The Morgan fingerprint density at radius 1 is 0.979 bits per heavy atom. The van der Waals surface area contributed by atoms with Crippen LogP contribution in [0.3, 0.4) is 0 Å². The first kappa shape index (κ1) is 34.2. The molecule has 0 spiro atoms. The number of amides is 1. The second kappa shape index (κ2) is 13.9. The molecule has 10 nitrogen and oxygen atoms in total. The van der Waals surface area contributed by atoms with Crippen molar-refractivity contribution in [3.63, 3.8) is 0 Å². The van der Waals surface area contributed by atoms with E-state index in [-0.39, 0.29) is 23.4 Å². The molecule has 48 heavy (non-hydrogen) atoms. The van der Waals surface area contributed by atoms with Crippen molar-refractivity contribution < 1.29 is 36.6 Å². The maximum absolute atomic E-state index is 16.9. The third-order valence-corrected chi connectivity index (χ3v) is 7.44. The first-order chi connectivity index (χ1) is 22.8. The summed E-state index contributed by atoms with van der Waals surface area (Å²) in [6, 6.07) is 11.1.